The molecule has 1 N–H and O–H groups in total. The summed E-state index contributed by atoms with van der Waals surface area (Å²) in [4.78, 5) is 11.7. The molecule has 0 atom stereocenters. The minimum atomic E-state index is -0.278. The Hall–Kier alpha value is -1.69. The third-order valence-corrected chi connectivity index (χ3v) is 3.64. The third-order valence-electron chi connectivity index (χ3n) is 2.86. The van der Waals surface area contributed by atoms with Crippen LogP contribution in [-0.4, -0.2) is 15.7 Å². The highest BCUT2D eigenvalue weighted by molar-refractivity contribution is 9.10. The van der Waals surface area contributed by atoms with E-state index in [1.54, 1.807) is 16.8 Å². The number of nitrogens with one attached hydrogen (secondary N) is 1. The zero-order valence-electron chi connectivity index (χ0n) is 11.1. The van der Waals surface area contributed by atoms with Gasteiger partial charge in [0, 0.05) is 25.7 Å². The number of hydrogen-bond donors (Lipinski definition) is 1. The molecule has 0 bridgehead atoms. The quantitative estimate of drug-likeness (QED) is 0.910. The molecule has 0 aliphatic heterocycles. The lowest BCUT2D eigenvalue weighted by molar-refractivity contribution is -0.121. The smallest absolute Gasteiger partial charge is 0.222 e. The van der Waals surface area contributed by atoms with Crippen LogP contribution in [-0.2, 0) is 17.9 Å². The van der Waals surface area contributed by atoms with E-state index < -0.39 is 0 Å². The molecule has 1 aromatic carbocycles. The number of carbonyl (C=O) groups excluding carboxylic acids is 1. The molecule has 0 saturated heterocycles. The Morgan fingerprint density at radius 2 is 2.10 bits per heavy atom. The number of aromatic nitrogens is 2. The van der Waals surface area contributed by atoms with Gasteiger partial charge in [-0.3, -0.25) is 9.48 Å². The Kier molecular flexibility index (Phi) is 4.89. The number of nitrogens with zero attached hydrogens (tertiary/aromatic N) is 2. The summed E-state index contributed by atoms with van der Waals surface area (Å²) < 4.78 is 15.4. The number of carbonyl (C=O) groups is 1. The molecule has 0 spiro atoms. The van der Waals surface area contributed by atoms with E-state index in [2.05, 4.69) is 26.3 Å². The summed E-state index contributed by atoms with van der Waals surface area (Å²) in [6.45, 7) is 2.83. The lowest BCUT2D eigenvalue weighted by Crippen LogP contribution is -2.24. The first-order valence-corrected chi connectivity index (χ1v) is 7.04. The molecule has 0 fully saturated rings. The zero-order chi connectivity index (χ0) is 14.5. The van der Waals surface area contributed by atoms with Crippen molar-refractivity contribution in [1.82, 2.24) is 15.1 Å². The van der Waals surface area contributed by atoms with Gasteiger partial charge in [0.1, 0.15) is 5.82 Å². The molecule has 1 aromatic heterocycles. The van der Waals surface area contributed by atoms with Crippen molar-refractivity contribution in [2.24, 2.45) is 0 Å². The zero-order valence-corrected chi connectivity index (χ0v) is 12.7. The molecule has 0 aliphatic carbocycles. The molecule has 4 nitrogen and oxygen atoms in total. The number of rotatable bonds is 5. The third kappa shape index (κ3) is 4.16. The van der Waals surface area contributed by atoms with Crippen molar-refractivity contribution in [1.29, 1.82) is 0 Å². The second kappa shape index (κ2) is 6.65. The van der Waals surface area contributed by atoms with Crippen molar-refractivity contribution in [3.8, 4) is 0 Å². The van der Waals surface area contributed by atoms with Crippen molar-refractivity contribution in [3.63, 3.8) is 0 Å². The number of amides is 1. The van der Waals surface area contributed by atoms with Crippen molar-refractivity contribution in [2.45, 2.75) is 26.4 Å². The predicted molar refractivity (Wildman–Crippen MR) is 77.5 cm³/mol. The highest BCUT2D eigenvalue weighted by atomic mass is 79.9. The number of halogens is 2. The first kappa shape index (κ1) is 14.7. The van der Waals surface area contributed by atoms with E-state index in [4.69, 9.17) is 0 Å². The van der Waals surface area contributed by atoms with Crippen molar-refractivity contribution < 1.29 is 9.18 Å². The van der Waals surface area contributed by atoms with Crippen LogP contribution in [0.5, 0.6) is 0 Å². The van der Waals surface area contributed by atoms with Gasteiger partial charge in [-0.25, -0.2) is 4.39 Å². The highest BCUT2D eigenvalue weighted by Gasteiger charge is 2.05. The van der Waals surface area contributed by atoms with Crippen LogP contribution in [0.25, 0.3) is 0 Å². The Bertz CT molecular complexity index is 575. The molecule has 6 heteroatoms. The van der Waals surface area contributed by atoms with E-state index in [-0.39, 0.29) is 11.7 Å². The normalized spacial score (nSPS) is 10.6. The second-order valence-electron chi connectivity index (χ2n) is 4.48. The molecule has 0 radical (unpaired) electrons. The first-order chi connectivity index (χ1) is 9.54. The van der Waals surface area contributed by atoms with Gasteiger partial charge < -0.3 is 5.32 Å². The van der Waals surface area contributed by atoms with E-state index in [9.17, 15) is 9.18 Å². The van der Waals surface area contributed by atoms with E-state index in [0.29, 0.717) is 19.5 Å². The van der Waals surface area contributed by atoms with E-state index in [0.717, 1.165) is 15.7 Å². The van der Waals surface area contributed by atoms with E-state index in [1.165, 1.54) is 12.1 Å². The van der Waals surface area contributed by atoms with Gasteiger partial charge >= 0.3 is 0 Å². The molecule has 0 unspecified atom stereocenters. The summed E-state index contributed by atoms with van der Waals surface area (Å²) in [5.41, 5.74) is 1.77. The lowest BCUT2D eigenvalue weighted by atomic mass is 10.2. The van der Waals surface area contributed by atoms with Crippen LogP contribution in [0.3, 0.4) is 0 Å². The number of hydrogen-bond acceptors (Lipinski definition) is 2. The summed E-state index contributed by atoms with van der Waals surface area (Å²) in [6, 6.07) is 6.07. The van der Waals surface area contributed by atoms with Crippen molar-refractivity contribution >= 4 is 21.8 Å². The van der Waals surface area contributed by atoms with E-state index >= 15 is 0 Å². The molecule has 0 aliphatic rings. The number of aryl methyl sites for hydroxylation is 2. The maximum Gasteiger partial charge on any atom is 0.222 e. The standard InChI is InChI=1S/C14H15BrFN3O/c1-10-13(15)9-19(18-10)7-6-14(20)17-8-11-2-4-12(16)5-3-11/h2-5,9H,6-8H2,1H3,(H,17,20). The van der Waals surface area contributed by atoms with Crippen LogP contribution in [0, 0.1) is 12.7 Å². The van der Waals surface area contributed by atoms with Crippen LogP contribution >= 0.6 is 15.9 Å². The molecular formula is C14H15BrFN3O. The SMILES string of the molecule is Cc1nn(CCC(=O)NCc2ccc(F)cc2)cc1Br. The van der Waals surface area contributed by atoms with Gasteiger partial charge in [0.25, 0.3) is 0 Å². The van der Waals surface area contributed by atoms with Gasteiger partial charge in [0.05, 0.1) is 10.2 Å². The fourth-order valence-electron chi connectivity index (χ4n) is 1.72. The summed E-state index contributed by atoms with van der Waals surface area (Å²) in [5, 5.41) is 7.05. The minimum Gasteiger partial charge on any atom is -0.352 e. The van der Waals surface area contributed by atoms with Gasteiger partial charge in [-0.2, -0.15) is 5.10 Å². The molecule has 1 amide bonds. The monoisotopic (exact) mass is 339 g/mol. The Morgan fingerprint density at radius 1 is 1.40 bits per heavy atom. The summed E-state index contributed by atoms with van der Waals surface area (Å²) in [6.07, 6.45) is 2.21. The number of benzene rings is 1. The Balaban J connectivity index is 1.76. The van der Waals surface area contributed by atoms with Gasteiger partial charge in [0.2, 0.25) is 5.91 Å². The molecule has 106 valence electrons. The average molecular weight is 340 g/mol. The molecule has 20 heavy (non-hydrogen) atoms. The highest BCUT2D eigenvalue weighted by Crippen LogP contribution is 2.13. The van der Waals surface area contributed by atoms with E-state index in [1.807, 2.05) is 13.1 Å². The Morgan fingerprint density at radius 3 is 2.70 bits per heavy atom. The van der Waals surface area contributed by atoms with Gasteiger partial charge in [0.15, 0.2) is 0 Å². The first-order valence-electron chi connectivity index (χ1n) is 6.25. The molecule has 2 rings (SSSR count). The molecule has 1 heterocycles. The van der Waals surface area contributed by atoms with Crippen LogP contribution < -0.4 is 5.32 Å². The predicted octanol–water partition coefficient (Wildman–Crippen LogP) is 2.80. The van der Waals surface area contributed by atoms with Gasteiger partial charge in [-0.05, 0) is 40.5 Å². The van der Waals surface area contributed by atoms with Crippen molar-refractivity contribution in [2.75, 3.05) is 0 Å². The lowest BCUT2D eigenvalue weighted by Gasteiger charge is -2.05. The summed E-state index contributed by atoms with van der Waals surface area (Å²) >= 11 is 3.38. The summed E-state index contributed by atoms with van der Waals surface area (Å²) in [5.74, 6) is -0.335. The fourth-order valence-corrected chi connectivity index (χ4v) is 2.03. The van der Waals surface area contributed by atoms with Crippen LogP contribution in [0.15, 0.2) is 34.9 Å². The van der Waals surface area contributed by atoms with Crippen LogP contribution in [0.1, 0.15) is 17.7 Å². The molecule has 2 aromatic rings. The largest absolute Gasteiger partial charge is 0.352 e. The minimum absolute atomic E-state index is 0.0569. The maximum atomic E-state index is 12.7. The second-order valence-corrected chi connectivity index (χ2v) is 5.33. The fraction of sp³-hybridized carbons (Fsp3) is 0.286. The topological polar surface area (TPSA) is 46.9 Å². The maximum absolute atomic E-state index is 12.7. The van der Waals surface area contributed by atoms with Crippen LogP contribution in [0.4, 0.5) is 4.39 Å². The Labute approximate surface area is 125 Å². The van der Waals surface area contributed by atoms with Gasteiger partial charge in [-0.15, -0.1) is 0 Å². The van der Waals surface area contributed by atoms with Crippen molar-refractivity contribution in [3.05, 3.63) is 52.0 Å². The van der Waals surface area contributed by atoms with Gasteiger partial charge in [-0.1, -0.05) is 12.1 Å². The summed E-state index contributed by atoms with van der Waals surface area (Å²) in [7, 11) is 0. The average Bonchev–Trinajstić information content (AvgIpc) is 2.75. The molecular weight excluding hydrogens is 325 g/mol. The molecule has 0 saturated carbocycles. The van der Waals surface area contributed by atoms with Crippen LogP contribution in [0.2, 0.25) is 0 Å².